The average Bonchev–Trinajstić information content (AvgIpc) is 2.15. The lowest BCUT2D eigenvalue weighted by Gasteiger charge is -2.04. The average molecular weight is 241 g/mol. The van der Waals surface area contributed by atoms with Crippen LogP contribution in [0.3, 0.4) is 0 Å². The van der Waals surface area contributed by atoms with Crippen molar-refractivity contribution in [2.24, 2.45) is 0 Å². The van der Waals surface area contributed by atoms with Crippen LogP contribution in [0.15, 0.2) is 35.3 Å². The summed E-state index contributed by atoms with van der Waals surface area (Å²) in [5, 5.41) is 0. The molecule has 1 nitrogen and oxygen atoms in total. The van der Waals surface area contributed by atoms with E-state index in [-0.39, 0.29) is 0 Å². The van der Waals surface area contributed by atoms with Crippen LogP contribution in [0.25, 0.3) is 0 Å². The van der Waals surface area contributed by atoms with Crippen LogP contribution in [0.1, 0.15) is 12.0 Å². The van der Waals surface area contributed by atoms with Crippen molar-refractivity contribution in [3.8, 4) is 5.75 Å². The van der Waals surface area contributed by atoms with Gasteiger partial charge < -0.3 is 4.74 Å². The highest BCUT2D eigenvalue weighted by Gasteiger charge is 1.99. The molecule has 1 aromatic carbocycles. The number of halogens is 1. The number of benzene rings is 1. The van der Waals surface area contributed by atoms with Gasteiger partial charge in [-0.1, -0.05) is 12.1 Å². The summed E-state index contributed by atoms with van der Waals surface area (Å²) >= 11 is 3.45. The Hall–Kier alpha value is -0.760. The Kier molecular flexibility index (Phi) is 4.03. The van der Waals surface area contributed by atoms with Crippen molar-refractivity contribution >= 4 is 15.9 Å². The first kappa shape index (κ1) is 10.3. The fraction of sp³-hybridized carbons (Fsp3) is 0.273. The summed E-state index contributed by atoms with van der Waals surface area (Å²) in [6, 6.07) is 6.14. The molecular formula is C11H13BrO. The molecule has 1 rings (SSSR count). The first-order valence-electron chi connectivity index (χ1n) is 4.21. The van der Waals surface area contributed by atoms with E-state index in [0.717, 1.165) is 23.1 Å². The van der Waals surface area contributed by atoms with E-state index in [1.807, 2.05) is 12.1 Å². The maximum Gasteiger partial charge on any atom is 0.133 e. The lowest BCUT2D eigenvalue weighted by molar-refractivity contribution is 0.412. The monoisotopic (exact) mass is 240 g/mol. The zero-order valence-corrected chi connectivity index (χ0v) is 9.30. The molecule has 0 spiro atoms. The Morgan fingerprint density at radius 1 is 1.54 bits per heavy atom. The third-order valence-electron chi connectivity index (χ3n) is 1.85. The van der Waals surface area contributed by atoms with E-state index in [1.165, 1.54) is 5.56 Å². The molecule has 0 saturated heterocycles. The van der Waals surface area contributed by atoms with Crippen molar-refractivity contribution in [3.05, 3.63) is 40.9 Å². The number of allylic oxidation sites excluding steroid dienone is 1. The molecule has 0 bridgehead atoms. The second-order valence-corrected chi connectivity index (χ2v) is 3.65. The molecule has 13 heavy (non-hydrogen) atoms. The van der Waals surface area contributed by atoms with Crippen LogP contribution in [0, 0.1) is 0 Å². The van der Waals surface area contributed by atoms with Gasteiger partial charge in [0.2, 0.25) is 0 Å². The minimum Gasteiger partial charge on any atom is -0.496 e. The van der Waals surface area contributed by atoms with Gasteiger partial charge in [-0.05, 0) is 46.5 Å². The molecule has 0 aliphatic rings. The van der Waals surface area contributed by atoms with Crippen LogP contribution in [0.2, 0.25) is 0 Å². The largest absolute Gasteiger partial charge is 0.496 e. The Balaban J connectivity index is 2.76. The van der Waals surface area contributed by atoms with Crippen molar-refractivity contribution in [1.29, 1.82) is 0 Å². The van der Waals surface area contributed by atoms with Crippen LogP contribution in [-0.4, -0.2) is 7.11 Å². The Labute approximate surface area is 87.5 Å². The topological polar surface area (TPSA) is 9.23 Å². The Bertz CT molecular complexity index is 294. The molecule has 0 radical (unpaired) electrons. The number of hydrogen-bond donors (Lipinski definition) is 0. The zero-order chi connectivity index (χ0) is 9.68. The number of methoxy groups -OCH3 is 1. The van der Waals surface area contributed by atoms with Crippen molar-refractivity contribution in [3.63, 3.8) is 0 Å². The van der Waals surface area contributed by atoms with E-state index in [4.69, 9.17) is 4.74 Å². The molecule has 0 fully saturated rings. The predicted molar refractivity (Wildman–Crippen MR) is 59.2 cm³/mol. The highest BCUT2D eigenvalue weighted by atomic mass is 79.9. The van der Waals surface area contributed by atoms with E-state index >= 15 is 0 Å². The molecule has 0 unspecified atom stereocenters. The predicted octanol–water partition coefficient (Wildman–Crippen LogP) is 3.58. The zero-order valence-electron chi connectivity index (χ0n) is 7.72. The molecule has 1 aromatic rings. The number of rotatable bonds is 4. The van der Waals surface area contributed by atoms with E-state index in [0.29, 0.717) is 0 Å². The molecule has 0 atom stereocenters. The standard InChI is InChI=1S/C11H13BrO/c1-3-4-5-9-6-7-11(13-2)10(12)8-9/h3,6-8H,1,4-5H2,2H3. The summed E-state index contributed by atoms with van der Waals surface area (Å²) < 4.78 is 6.15. The van der Waals surface area contributed by atoms with E-state index in [9.17, 15) is 0 Å². The lowest BCUT2D eigenvalue weighted by atomic mass is 10.1. The SMILES string of the molecule is C=CCCc1ccc(OC)c(Br)c1. The van der Waals surface area contributed by atoms with Gasteiger partial charge in [-0.2, -0.15) is 0 Å². The summed E-state index contributed by atoms with van der Waals surface area (Å²) in [5.41, 5.74) is 1.30. The third-order valence-corrected chi connectivity index (χ3v) is 2.47. The van der Waals surface area contributed by atoms with Gasteiger partial charge in [0, 0.05) is 0 Å². The Morgan fingerprint density at radius 2 is 2.31 bits per heavy atom. The second-order valence-electron chi connectivity index (χ2n) is 2.80. The molecule has 0 aliphatic heterocycles. The minimum atomic E-state index is 0.877. The van der Waals surface area contributed by atoms with Gasteiger partial charge >= 0.3 is 0 Å². The highest BCUT2D eigenvalue weighted by Crippen LogP contribution is 2.25. The fourth-order valence-electron chi connectivity index (χ4n) is 1.13. The van der Waals surface area contributed by atoms with Crippen molar-refractivity contribution < 1.29 is 4.74 Å². The van der Waals surface area contributed by atoms with E-state index < -0.39 is 0 Å². The normalized spacial score (nSPS) is 9.69. The first-order chi connectivity index (χ1) is 6.27. The van der Waals surface area contributed by atoms with Crippen LogP contribution in [0.5, 0.6) is 5.75 Å². The smallest absolute Gasteiger partial charge is 0.133 e. The molecule has 0 aromatic heterocycles. The molecule has 0 amide bonds. The van der Waals surface area contributed by atoms with Crippen LogP contribution in [-0.2, 0) is 6.42 Å². The molecule has 0 N–H and O–H groups in total. The molecule has 0 aliphatic carbocycles. The van der Waals surface area contributed by atoms with Crippen LogP contribution in [0.4, 0.5) is 0 Å². The Morgan fingerprint density at radius 3 is 2.85 bits per heavy atom. The van der Waals surface area contributed by atoms with Crippen molar-refractivity contribution in [1.82, 2.24) is 0 Å². The molecular weight excluding hydrogens is 228 g/mol. The maximum absolute atomic E-state index is 5.14. The van der Waals surface area contributed by atoms with Crippen LogP contribution < -0.4 is 4.74 Å². The second kappa shape index (κ2) is 5.07. The molecule has 0 saturated carbocycles. The number of ether oxygens (including phenoxy) is 1. The highest BCUT2D eigenvalue weighted by molar-refractivity contribution is 9.10. The lowest BCUT2D eigenvalue weighted by Crippen LogP contribution is -1.87. The quantitative estimate of drug-likeness (QED) is 0.732. The summed E-state index contributed by atoms with van der Waals surface area (Å²) in [6.45, 7) is 3.70. The molecule has 0 heterocycles. The first-order valence-corrected chi connectivity index (χ1v) is 5.00. The summed E-state index contributed by atoms with van der Waals surface area (Å²) in [5.74, 6) is 0.877. The van der Waals surface area contributed by atoms with E-state index in [2.05, 4.69) is 34.6 Å². The molecule has 70 valence electrons. The van der Waals surface area contributed by atoms with Crippen LogP contribution >= 0.6 is 15.9 Å². The van der Waals surface area contributed by atoms with Gasteiger partial charge in [0.25, 0.3) is 0 Å². The summed E-state index contributed by atoms with van der Waals surface area (Å²) in [6.07, 6.45) is 3.98. The minimum absolute atomic E-state index is 0.877. The van der Waals surface area contributed by atoms with Gasteiger partial charge in [-0.3, -0.25) is 0 Å². The van der Waals surface area contributed by atoms with Gasteiger partial charge in [0.1, 0.15) is 5.75 Å². The van der Waals surface area contributed by atoms with Crippen molar-refractivity contribution in [2.75, 3.05) is 7.11 Å². The third kappa shape index (κ3) is 2.88. The van der Waals surface area contributed by atoms with Gasteiger partial charge in [-0.15, -0.1) is 6.58 Å². The van der Waals surface area contributed by atoms with E-state index in [1.54, 1.807) is 7.11 Å². The number of hydrogen-bond acceptors (Lipinski definition) is 1. The maximum atomic E-state index is 5.14. The summed E-state index contributed by atoms with van der Waals surface area (Å²) in [4.78, 5) is 0. The summed E-state index contributed by atoms with van der Waals surface area (Å²) in [7, 11) is 1.67. The van der Waals surface area contributed by atoms with Crippen molar-refractivity contribution in [2.45, 2.75) is 12.8 Å². The molecule has 2 heteroatoms. The van der Waals surface area contributed by atoms with Gasteiger partial charge in [0.15, 0.2) is 0 Å². The fourth-order valence-corrected chi connectivity index (χ4v) is 1.72. The van der Waals surface area contributed by atoms with Gasteiger partial charge in [-0.25, -0.2) is 0 Å². The van der Waals surface area contributed by atoms with Gasteiger partial charge in [0.05, 0.1) is 11.6 Å². The number of aryl methyl sites for hydroxylation is 1.